The first-order valence-electron chi connectivity index (χ1n) is 13.1. The normalized spacial score (nSPS) is 44.2. The highest BCUT2D eigenvalue weighted by molar-refractivity contribution is 7.99. The number of thioether (sulfide) groups is 1. The average Bonchev–Trinajstić information content (AvgIpc) is 3.43. The Labute approximate surface area is 222 Å². The number of aliphatic hydroxyl groups is 1. The number of nitrogens with zero attached hydrogens (tertiary/aromatic N) is 1. The number of halogens is 2. The largest absolute Gasteiger partial charge is 0.390 e. The summed E-state index contributed by atoms with van der Waals surface area (Å²) in [5, 5.41) is 23.5. The van der Waals surface area contributed by atoms with Crippen molar-refractivity contribution in [1.82, 2.24) is 5.06 Å². The van der Waals surface area contributed by atoms with Crippen molar-refractivity contribution in [3.05, 3.63) is 47.4 Å². The number of carbonyl (C=O) groups is 2. The van der Waals surface area contributed by atoms with Gasteiger partial charge >= 0.3 is 0 Å². The topological polar surface area (TPSA) is 77.8 Å². The zero-order valence-corrected chi connectivity index (χ0v) is 22.4. The molecule has 9 heteroatoms. The SMILES string of the molecule is CSCC(=O)[C@H]1[C@H](CN(O)CC2=C[B]C=C2)CC2[C@@H]3C[C@H](F)C4=CC(=O)C=CC4(C)[C@@]3(F)[C@@H](O)C[C@@]21C. The molecule has 5 aliphatic rings. The Balaban J connectivity index is 1.51. The molecule has 1 aliphatic heterocycles. The molecule has 0 spiro atoms. The van der Waals surface area contributed by atoms with Gasteiger partial charge in [-0.2, -0.15) is 16.8 Å². The van der Waals surface area contributed by atoms with Crippen LogP contribution in [0, 0.1) is 34.5 Å². The molecule has 5 nitrogen and oxygen atoms in total. The third kappa shape index (κ3) is 4.07. The van der Waals surface area contributed by atoms with E-state index in [9.17, 15) is 19.9 Å². The summed E-state index contributed by atoms with van der Waals surface area (Å²) in [5.74, 6) is 1.86. The molecule has 199 valence electrons. The predicted molar refractivity (Wildman–Crippen MR) is 141 cm³/mol. The van der Waals surface area contributed by atoms with Gasteiger partial charge in [-0.3, -0.25) is 9.59 Å². The number of hydroxylamine groups is 2. The van der Waals surface area contributed by atoms with Gasteiger partial charge in [0.2, 0.25) is 0 Å². The van der Waals surface area contributed by atoms with Crippen LogP contribution in [0.4, 0.5) is 8.78 Å². The molecule has 3 fully saturated rings. The molecule has 37 heavy (non-hydrogen) atoms. The van der Waals surface area contributed by atoms with Gasteiger partial charge in [-0.05, 0) is 73.0 Å². The van der Waals surface area contributed by atoms with Gasteiger partial charge in [-0.25, -0.2) is 8.78 Å². The van der Waals surface area contributed by atoms with Crippen molar-refractivity contribution in [2.75, 3.05) is 25.1 Å². The van der Waals surface area contributed by atoms with Crippen molar-refractivity contribution in [3.8, 4) is 0 Å². The van der Waals surface area contributed by atoms with Crippen LogP contribution in [0.2, 0.25) is 0 Å². The summed E-state index contributed by atoms with van der Waals surface area (Å²) in [6.45, 7) is 4.08. The van der Waals surface area contributed by atoms with Gasteiger partial charge in [0.25, 0.3) is 0 Å². The van der Waals surface area contributed by atoms with Gasteiger partial charge in [0.1, 0.15) is 12.0 Å². The number of hydrogen-bond acceptors (Lipinski definition) is 6. The summed E-state index contributed by atoms with van der Waals surface area (Å²) < 4.78 is 33.1. The first-order valence-corrected chi connectivity index (χ1v) is 14.5. The standard InChI is InChI=1S/C28H35BF2NO4S/c1-26-11-24(35)28(31)20(10-22(30)21-9-18(33)4-6-27(21,28)2)19(26)8-17(25(26)23(34)15-37-3)14-32(36)13-16-5-7-29-12-16/h4-7,9,12,17,19-20,22,24-25,35-36H,8,10-11,13-15H2,1-3H3/t17-,19?,20-,22-,24-,25+,26-,27?,28-/m0/s1. The van der Waals surface area contributed by atoms with E-state index in [2.05, 4.69) is 0 Å². The Bertz CT molecular complexity index is 1110. The van der Waals surface area contributed by atoms with E-state index in [1.165, 1.54) is 35.1 Å². The zero-order valence-electron chi connectivity index (χ0n) is 21.6. The number of hydrogen-bond donors (Lipinski definition) is 2. The Morgan fingerprint density at radius 1 is 1.27 bits per heavy atom. The average molecular weight is 530 g/mol. The Hall–Kier alpha value is -1.55. The van der Waals surface area contributed by atoms with Gasteiger partial charge in [0, 0.05) is 30.3 Å². The van der Waals surface area contributed by atoms with Crippen LogP contribution in [-0.2, 0) is 9.59 Å². The molecule has 9 atom stereocenters. The molecule has 3 saturated carbocycles. The van der Waals surface area contributed by atoms with Gasteiger partial charge in [-0.1, -0.05) is 19.1 Å². The lowest BCUT2D eigenvalue weighted by molar-refractivity contribution is -0.201. The molecule has 0 aromatic carbocycles. The molecule has 2 unspecified atom stereocenters. The molecule has 0 amide bonds. The summed E-state index contributed by atoms with van der Waals surface area (Å²) in [6, 6.07) is 0. The number of allylic oxidation sites excluding steroid dienone is 4. The third-order valence-corrected chi connectivity index (χ3v) is 10.6. The summed E-state index contributed by atoms with van der Waals surface area (Å²) in [4.78, 5) is 25.6. The number of carbonyl (C=O) groups excluding carboxylic acids is 2. The molecule has 5 rings (SSSR count). The summed E-state index contributed by atoms with van der Waals surface area (Å²) >= 11 is 1.43. The molecule has 0 aromatic heterocycles. The van der Waals surface area contributed by atoms with Crippen molar-refractivity contribution < 1.29 is 28.7 Å². The third-order valence-electron chi connectivity index (χ3n) is 9.98. The van der Waals surface area contributed by atoms with E-state index in [1.807, 2.05) is 38.5 Å². The second-order valence-electron chi connectivity index (χ2n) is 12.0. The minimum absolute atomic E-state index is 0.0327. The van der Waals surface area contributed by atoms with Gasteiger partial charge < -0.3 is 10.3 Å². The van der Waals surface area contributed by atoms with Crippen LogP contribution in [0.15, 0.2) is 47.4 Å². The van der Waals surface area contributed by atoms with Gasteiger partial charge in [0.05, 0.1) is 11.9 Å². The van der Waals surface area contributed by atoms with Crippen LogP contribution in [0.1, 0.15) is 33.1 Å². The van der Waals surface area contributed by atoms with Crippen LogP contribution in [0.5, 0.6) is 0 Å². The molecule has 2 N–H and O–H groups in total. The van der Waals surface area contributed by atoms with E-state index in [0.29, 0.717) is 18.7 Å². The maximum absolute atomic E-state index is 17.4. The Kier molecular flexibility index (Phi) is 7.00. The van der Waals surface area contributed by atoms with E-state index in [-0.39, 0.29) is 48.4 Å². The van der Waals surface area contributed by atoms with Gasteiger partial charge in [-0.15, -0.1) is 12.0 Å². The number of aliphatic hydroxyl groups excluding tert-OH is 1. The molecule has 0 aromatic rings. The van der Waals surface area contributed by atoms with Crippen LogP contribution in [0.25, 0.3) is 0 Å². The van der Waals surface area contributed by atoms with Gasteiger partial charge in [0.15, 0.2) is 18.7 Å². The van der Waals surface area contributed by atoms with Crippen molar-refractivity contribution in [3.63, 3.8) is 0 Å². The molecule has 1 heterocycles. The van der Waals surface area contributed by atoms with E-state index in [1.54, 1.807) is 6.92 Å². The minimum atomic E-state index is -2.17. The van der Waals surface area contributed by atoms with E-state index in [0.717, 1.165) is 5.57 Å². The van der Waals surface area contributed by atoms with Crippen molar-refractivity contribution in [2.45, 2.75) is 51.1 Å². The highest BCUT2D eigenvalue weighted by Crippen LogP contribution is 2.70. The van der Waals surface area contributed by atoms with Crippen LogP contribution in [-0.4, -0.2) is 77.3 Å². The first kappa shape index (κ1) is 27.0. The first-order chi connectivity index (χ1) is 17.5. The number of fused-ring (bicyclic) bond motifs is 5. The summed E-state index contributed by atoms with van der Waals surface area (Å²) in [6.07, 6.45) is 5.15. The lowest BCUT2D eigenvalue weighted by atomic mass is 9.45. The smallest absolute Gasteiger partial charge is 0.178 e. The number of rotatable bonds is 7. The summed E-state index contributed by atoms with van der Waals surface area (Å²) in [7, 11) is 1.90. The van der Waals surface area contributed by atoms with Crippen molar-refractivity contribution in [2.24, 2.45) is 34.5 Å². The maximum atomic E-state index is 17.4. The highest BCUT2D eigenvalue weighted by atomic mass is 32.2. The van der Waals surface area contributed by atoms with Crippen LogP contribution < -0.4 is 0 Å². The highest BCUT2D eigenvalue weighted by Gasteiger charge is 2.73. The molecule has 0 bridgehead atoms. The van der Waals surface area contributed by atoms with Crippen LogP contribution >= 0.6 is 11.8 Å². The maximum Gasteiger partial charge on any atom is 0.178 e. The Morgan fingerprint density at radius 2 is 2.03 bits per heavy atom. The quantitative estimate of drug-likeness (QED) is 0.384. The molecular formula is C28H35BF2NO4S. The number of Topliss-reactive ketones (excluding diaryl/α,β-unsaturated/α-hetero) is 1. The zero-order chi connectivity index (χ0) is 26.8. The molecule has 4 aliphatic carbocycles. The molecular weight excluding hydrogens is 495 g/mol. The summed E-state index contributed by atoms with van der Waals surface area (Å²) in [5.41, 5.74) is -3.29. The predicted octanol–water partition coefficient (Wildman–Crippen LogP) is 3.89. The van der Waals surface area contributed by atoms with Crippen molar-refractivity contribution >= 4 is 30.6 Å². The lowest BCUT2D eigenvalue weighted by Crippen LogP contribution is -2.68. The molecule has 1 radical (unpaired) electrons. The fraction of sp³-hybridized carbons (Fsp3) is 0.643. The number of ketones is 2. The second kappa shape index (κ2) is 9.58. The number of alkyl halides is 2. The Morgan fingerprint density at radius 3 is 2.70 bits per heavy atom. The molecule has 0 saturated heterocycles. The van der Waals surface area contributed by atoms with Crippen molar-refractivity contribution in [1.29, 1.82) is 0 Å². The van der Waals surface area contributed by atoms with Crippen LogP contribution in [0.3, 0.4) is 0 Å². The fourth-order valence-electron chi connectivity index (χ4n) is 8.49. The van der Waals surface area contributed by atoms with E-state index in [4.69, 9.17) is 0 Å². The van der Waals surface area contributed by atoms with E-state index >= 15 is 8.78 Å². The fourth-order valence-corrected chi connectivity index (χ4v) is 8.96. The van der Waals surface area contributed by atoms with E-state index < -0.39 is 40.6 Å². The lowest BCUT2D eigenvalue weighted by Gasteiger charge is -2.62. The second-order valence-corrected chi connectivity index (χ2v) is 12.8. The monoisotopic (exact) mass is 530 g/mol. The minimum Gasteiger partial charge on any atom is -0.390 e.